The molecule has 2 aromatic rings. The molecule has 1 heterocycles. The molecule has 0 amide bonds. The van der Waals surface area contributed by atoms with E-state index in [4.69, 9.17) is 5.10 Å². The van der Waals surface area contributed by atoms with Gasteiger partial charge >= 0.3 is 0 Å². The highest BCUT2D eigenvalue weighted by Gasteiger charge is 2.09. The molecule has 19 heavy (non-hydrogen) atoms. The minimum atomic E-state index is 0.486. The first kappa shape index (κ1) is 14.4. The first-order valence-electron chi connectivity index (χ1n) is 6.98. The number of nitrogens with one attached hydrogen (secondary N) is 1. The van der Waals surface area contributed by atoms with Gasteiger partial charge in [0.2, 0.25) is 0 Å². The molecule has 1 aromatic carbocycles. The number of nitrogens with zero attached hydrogens (tertiary/aromatic N) is 2. The third kappa shape index (κ3) is 3.74. The topological polar surface area (TPSA) is 29.9 Å². The Labute approximate surface area is 119 Å². The number of rotatable bonds is 7. The van der Waals surface area contributed by atoms with E-state index in [0.717, 1.165) is 24.5 Å². The van der Waals surface area contributed by atoms with Gasteiger partial charge in [-0.25, -0.2) is 0 Å². The van der Waals surface area contributed by atoms with Crippen LogP contribution < -0.4 is 5.32 Å². The zero-order valence-electron chi connectivity index (χ0n) is 12.0. The lowest BCUT2D eigenvalue weighted by atomic mass is 10.2. The number of fused-ring (bicyclic) bond motifs is 1. The number of aromatic nitrogens is 2. The van der Waals surface area contributed by atoms with Crippen molar-refractivity contribution < 1.29 is 0 Å². The summed E-state index contributed by atoms with van der Waals surface area (Å²) < 4.78 is 2.15. The first-order valence-corrected chi connectivity index (χ1v) is 8.13. The Morgan fingerprint density at radius 2 is 2.11 bits per heavy atom. The van der Waals surface area contributed by atoms with E-state index in [1.807, 2.05) is 11.8 Å². The molecule has 0 aliphatic rings. The average Bonchev–Trinajstić information content (AvgIpc) is 2.76. The molecule has 1 N–H and O–H groups in total. The van der Waals surface area contributed by atoms with Crippen molar-refractivity contribution in [1.29, 1.82) is 0 Å². The predicted octanol–water partition coefficient (Wildman–Crippen LogP) is 3.29. The van der Waals surface area contributed by atoms with Gasteiger partial charge in [-0.05, 0) is 11.8 Å². The molecule has 0 unspecified atom stereocenters. The summed E-state index contributed by atoms with van der Waals surface area (Å²) >= 11 is 1.96. The van der Waals surface area contributed by atoms with Gasteiger partial charge in [0.25, 0.3) is 0 Å². The van der Waals surface area contributed by atoms with Crippen molar-refractivity contribution >= 4 is 22.7 Å². The third-order valence-electron chi connectivity index (χ3n) is 3.06. The number of hydrogen-bond donors (Lipinski definition) is 1. The SMILES string of the molecule is CCSCCn1nc(CNC(C)C)c2ccccc21. The molecule has 2 rings (SSSR count). The van der Waals surface area contributed by atoms with E-state index in [0.29, 0.717) is 6.04 Å². The van der Waals surface area contributed by atoms with Gasteiger partial charge in [-0.2, -0.15) is 16.9 Å². The lowest BCUT2D eigenvalue weighted by Gasteiger charge is -2.05. The molecule has 0 aliphatic carbocycles. The molecule has 0 bridgehead atoms. The van der Waals surface area contributed by atoms with E-state index >= 15 is 0 Å². The molecular formula is C15H23N3S. The first-order chi connectivity index (χ1) is 9.22. The van der Waals surface area contributed by atoms with Crippen LogP contribution in [0.1, 0.15) is 26.5 Å². The summed E-state index contributed by atoms with van der Waals surface area (Å²) in [6, 6.07) is 9.00. The van der Waals surface area contributed by atoms with Gasteiger partial charge in [-0.1, -0.05) is 39.0 Å². The number of para-hydroxylation sites is 1. The maximum absolute atomic E-state index is 4.77. The van der Waals surface area contributed by atoms with Gasteiger partial charge in [-0.15, -0.1) is 0 Å². The fourth-order valence-electron chi connectivity index (χ4n) is 2.09. The van der Waals surface area contributed by atoms with Crippen LogP contribution in [0.5, 0.6) is 0 Å². The second-order valence-electron chi connectivity index (χ2n) is 4.92. The van der Waals surface area contributed by atoms with Crippen LogP contribution in [0.4, 0.5) is 0 Å². The number of thioether (sulfide) groups is 1. The van der Waals surface area contributed by atoms with E-state index in [2.05, 4.69) is 55.0 Å². The molecule has 0 atom stereocenters. The van der Waals surface area contributed by atoms with Crippen molar-refractivity contribution in [3.63, 3.8) is 0 Å². The number of benzene rings is 1. The molecule has 0 radical (unpaired) electrons. The average molecular weight is 277 g/mol. The Balaban J connectivity index is 2.21. The largest absolute Gasteiger partial charge is 0.309 e. The van der Waals surface area contributed by atoms with Crippen LogP contribution in [-0.4, -0.2) is 27.3 Å². The predicted molar refractivity (Wildman–Crippen MR) is 84.7 cm³/mol. The Morgan fingerprint density at radius 3 is 2.84 bits per heavy atom. The van der Waals surface area contributed by atoms with Crippen LogP contribution >= 0.6 is 11.8 Å². The fraction of sp³-hybridized carbons (Fsp3) is 0.533. The van der Waals surface area contributed by atoms with Crippen LogP contribution in [-0.2, 0) is 13.1 Å². The van der Waals surface area contributed by atoms with Gasteiger partial charge < -0.3 is 5.32 Å². The Bertz CT molecular complexity index is 519. The summed E-state index contributed by atoms with van der Waals surface area (Å²) in [6.45, 7) is 8.35. The van der Waals surface area contributed by atoms with Gasteiger partial charge in [0, 0.05) is 23.7 Å². The lowest BCUT2D eigenvalue weighted by molar-refractivity contribution is 0.571. The Morgan fingerprint density at radius 1 is 1.32 bits per heavy atom. The maximum Gasteiger partial charge on any atom is 0.0841 e. The highest BCUT2D eigenvalue weighted by Crippen LogP contribution is 2.19. The second-order valence-corrected chi connectivity index (χ2v) is 6.31. The standard InChI is InChI=1S/C15H23N3S/c1-4-19-10-9-18-15-8-6-5-7-13(15)14(17-18)11-16-12(2)3/h5-8,12,16H,4,9-11H2,1-3H3. The van der Waals surface area contributed by atoms with E-state index < -0.39 is 0 Å². The van der Waals surface area contributed by atoms with Crippen molar-refractivity contribution in [3.05, 3.63) is 30.0 Å². The Hall–Kier alpha value is -1.00. The summed E-state index contributed by atoms with van der Waals surface area (Å²) in [4.78, 5) is 0. The van der Waals surface area contributed by atoms with E-state index in [-0.39, 0.29) is 0 Å². The normalized spacial score (nSPS) is 11.6. The summed E-state index contributed by atoms with van der Waals surface area (Å²) in [5.74, 6) is 2.29. The summed E-state index contributed by atoms with van der Waals surface area (Å²) in [5.41, 5.74) is 2.41. The fourth-order valence-corrected chi connectivity index (χ4v) is 2.68. The monoisotopic (exact) mass is 277 g/mol. The minimum absolute atomic E-state index is 0.486. The van der Waals surface area contributed by atoms with Gasteiger partial charge in [0.05, 0.1) is 17.8 Å². The molecule has 1 aromatic heterocycles. The highest BCUT2D eigenvalue weighted by molar-refractivity contribution is 7.99. The molecule has 0 saturated heterocycles. The van der Waals surface area contributed by atoms with Crippen LogP contribution in [0.3, 0.4) is 0 Å². The zero-order chi connectivity index (χ0) is 13.7. The summed E-state index contributed by atoms with van der Waals surface area (Å²) in [6.07, 6.45) is 0. The van der Waals surface area contributed by atoms with Crippen LogP contribution in [0.2, 0.25) is 0 Å². The molecule has 0 aliphatic heterocycles. The minimum Gasteiger partial charge on any atom is -0.309 e. The molecular weight excluding hydrogens is 254 g/mol. The summed E-state index contributed by atoms with van der Waals surface area (Å²) in [7, 11) is 0. The Kier molecular flexibility index (Phi) is 5.28. The smallest absolute Gasteiger partial charge is 0.0841 e. The van der Waals surface area contributed by atoms with E-state index in [9.17, 15) is 0 Å². The van der Waals surface area contributed by atoms with Gasteiger partial charge in [0.15, 0.2) is 0 Å². The zero-order valence-corrected chi connectivity index (χ0v) is 12.8. The molecule has 0 fully saturated rings. The number of hydrogen-bond acceptors (Lipinski definition) is 3. The highest BCUT2D eigenvalue weighted by atomic mass is 32.2. The van der Waals surface area contributed by atoms with Crippen LogP contribution in [0.25, 0.3) is 10.9 Å². The quantitative estimate of drug-likeness (QED) is 0.788. The van der Waals surface area contributed by atoms with Crippen molar-refractivity contribution in [1.82, 2.24) is 15.1 Å². The molecule has 0 saturated carbocycles. The van der Waals surface area contributed by atoms with E-state index in [1.165, 1.54) is 16.7 Å². The molecule has 104 valence electrons. The molecule has 0 spiro atoms. The lowest BCUT2D eigenvalue weighted by Crippen LogP contribution is -2.22. The third-order valence-corrected chi connectivity index (χ3v) is 3.94. The maximum atomic E-state index is 4.77. The van der Waals surface area contributed by atoms with Gasteiger partial charge in [0.1, 0.15) is 0 Å². The van der Waals surface area contributed by atoms with Crippen molar-refractivity contribution in [2.75, 3.05) is 11.5 Å². The van der Waals surface area contributed by atoms with Crippen molar-refractivity contribution in [2.24, 2.45) is 0 Å². The van der Waals surface area contributed by atoms with Gasteiger partial charge in [-0.3, -0.25) is 4.68 Å². The molecule has 3 nitrogen and oxygen atoms in total. The van der Waals surface area contributed by atoms with Crippen molar-refractivity contribution in [3.8, 4) is 0 Å². The van der Waals surface area contributed by atoms with Crippen LogP contribution in [0, 0.1) is 0 Å². The van der Waals surface area contributed by atoms with E-state index in [1.54, 1.807) is 0 Å². The van der Waals surface area contributed by atoms with Crippen LogP contribution in [0.15, 0.2) is 24.3 Å². The number of aryl methyl sites for hydroxylation is 1. The summed E-state index contributed by atoms with van der Waals surface area (Å²) in [5, 5.41) is 9.50. The molecule has 4 heteroatoms. The second kappa shape index (κ2) is 6.96. The van der Waals surface area contributed by atoms with Crippen molar-refractivity contribution in [2.45, 2.75) is 39.9 Å².